The van der Waals surface area contributed by atoms with E-state index in [2.05, 4.69) is 0 Å². The Hall–Kier alpha value is -1.51. The van der Waals surface area contributed by atoms with Gasteiger partial charge in [-0.3, -0.25) is 14.3 Å². The minimum absolute atomic E-state index is 0.315. The van der Waals surface area contributed by atoms with Gasteiger partial charge in [0.2, 0.25) is 5.82 Å². The second kappa shape index (κ2) is 7.82. The van der Waals surface area contributed by atoms with Crippen molar-refractivity contribution in [2.75, 3.05) is 34.0 Å². The summed E-state index contributed by atoms with van der Waals surface area (Å²) in [5, 5.41) is 0. The van der Waals surface area contributed by atoms with Crippen LogP contribution in [-0.2, 0) is 14.2 Å². The Morgan fingerprint density at radius 3 is 2.68 bits per heavy atom. The molecule has 0 aromatic carbocycles. The zero-order valence-electron chi connectivity index (χ0n) is 10.8. The summed E-state index contributed by atoms with van der Waals surface area (Å²) < 4.78 is 29.2. The summed E-state index contributed by atoms with van der Waals surface area (Å²) in [6, 6.07) is 0. The van der Waals surface area contributed by atoms with Gasteiger partial charge in [0.25, 0.3) is 5.56 Å². The number of methoxy groups -OCH3 is 2. The lowest BCUT2D eigenvalue weighted by molar-refractivity contribution is -0.00331. The average molecular weight is 276 g/mol. The van der Waals surface area contributed by atoms with Crippen molar-refractivity contribution < 1.29 is 18.6 Å². The molecule has 0 aliphatic rings. The molecule has 1 aromatic heterocycles. The molecule has 1 heterocycles. The minimum atomic E-state index is -1.05. The number of aromatic nitrogens is 2. The Morgan fingerprint density at radius 2 is 2.05 bits per heavy atom. The number of nitrogens with one attached hydrogen (secondary N) is 1. The van der Waals surface area contributed by atoms with Crippen LogP contribution in [0.2, 0.25) is 0 Å². The van der Waals surface area contributed by atoms with Crippen molar-refractivity contribution in [3.63, 3.8) is 0 Å². The maximum Gasteiger partial charge on any atom is 0.330 e. The van der Waals surface area contributed by atoms with Gasteiger partial charge in [-0.15, -0.1) is 0 Å². The predicted octanol–water partition coefficient (Wildman–Crippen LogP) is -0.126. The molecule has 7 nitrogen and oxygen atoms in total. The number of aromatic amines is 1. The first kappa shape index (κ1) is 15.5. The molecular formula is C11H17FN2O5. The van der Waals surface area contributed by atoms with E-state index >= 15 is 0 Å². The van der Waals surface area contributed by atoms with E-state index in [1.165, 1.54) is 7.11 Å². The first-order valence-electron chi connectivity index (χ1n) is 5.70. The van der Waals surface area contributed by atoms with E-state index in [0.29, 0.717) is 26.2 Å². The van der Waals surface area contributed by atoms with Crippen LogP contribution in [0.15, 0.2) is 15.8 Å². The number of halogens is 1. The van der Waals surface area contributed by atoms with Crippen LogP contribution in [0, 0.1) is 5.82 Å². The molecule has 0 spiro atoms. The molecule has 1 atom stereocenters. The number of rotatable bonds is 8. The van der Waals surface area contributed by atoms with Crippen molar-refractivity contribution >= 4 is 0 Å². The zero-order valence-corrected chi connectivity index (χ0v) is 10.8. The van der Waals surface area contributed by atoms with Gasteiger partial charge in [0.15, 0.2) is 0 Å². The third kappa shape index (κ3) is 4.58. The van der Waals surface area contributed by atoms with E-state index in [4.69, 9.17) is 14.2 Å². The average Bonchev–Trinajstić information content (AvgIpc) is 2.39. The molecule has 0 saturated carbocycles. The third-order valence-electron chi connectivity index (χ3n) is 2.45. The van der Waals surface area contributed by atoms with Gasteiger partial charge in [-0.05, 0) is 0 Å². The van der Waals surface area contributed by atoms with E-state index in [9.17, 15) is 14.0 Å². The van der Waals surface area contributed by atoms with Gasteiger partial charge in [-0.25, -0.2) is 4.79 Å². The molecule has 108 valence electrons. The molecule has 0 aliphatic carbocycles. The number of nitrogens with zero attached hydrogens (tertiary/aromatic N) is 1. The van der Waals surface area contributed by atoms with Crippen LogP contribution in [0.25, 0.3) is 0 Å². The summed E-state index contributed by atoms with van der Waals surface area (Å²) in [5.74, 6) is -1.04. The van der Waals surface area contributed by atoms with Crippen molar-refractivity contribution in [3.05, 3.63) is 32.9 Å². The van der Waals surface area contributed by atoms with Gasteiger partial charge in [0.05, 0.1) is 26.0 Å². The van der Waals surface area contributed by atoms with Crippen LogP contribution in [0.1, 0.15) is 12.6 Å². The number of ether oxygens (including phenoxy) is 3. The monoisotopic (exact) mass is 276 g/mol. The Balaban J connectivity index is 2.67. The molecule has 1 N–H and O–H groups in total. The smallest absolute Gasteiger partial charge is 0.330 e. The molecule has 1 aromatic rings. The highest BCUT2D eigenvalue weighted by molar-refractivity contribution is 4.88. The van der Waals surface area contributed by atoms with Crippen molar-refractivity contribution in [1.82, 2.24) is 9.55 Å². The van der Waals surface area contributed by atoms with Crippen LogP contribution in [0.4, 0.5) is 4.39 Å². The van der Waals surface area contributed by atoms with Gasteiger partial charge < -0.3 is 14.2 Å². The fourth-order valence-electron chi connectivity index (χ4n) is 1.47. The summed E-state index contributed by atoms with van der Waals surface area (Å²) >= 11 is 0. The minimum Gasteiger partial charge on any atom is -0.382 e. The van der Waals surface area contributed by atoms with Gasteiger partial charge in [0, 0.05) is 20.6 Å². The van der Waals surface area contributed by atoms with Crippen molar-refractivity contribution in [2.24, 2.45) is 0 Å². The van der Waals surface area contributed by atoms with Crippen LogP contribution < -0.4 is 11.2 Å². The predicted molar refractivity (Wildman–Crippen MR) is 64.6 cm³/mol. The van der Waals surface area contributed by atoms with Crippen LogP contribution >= 0.6 is 0 Å². The fraction of sp³-hybridized carbons (Fsp3) is 0.636. The first-order valence-corrected chi connectivity index (χ1v) is 5.70. The second-order valence-electron chi connectivity index (χ2n) is 3.73. The molecular weight excluding hydrogens is 259 g/mol. The molecule has 1 unspecified atom stereocenters. The van der Waals surface area contributed by atoms with E-state index in [0.717, 1.165) is 10.8 Å². The molecule has 0 aliphatic heterocycles. The molecule has 0 radical (unpaired) electrons. The zero-order chi connectivity index (χ0) is 14.3. The second-order valence-corrected chi connectivity index (χ2v) is 3.73. The number of hydrogen-bond acceptors (Lipinski definition) is 5. The SMILES string of the molecule is COCCOCCC(OC)n1cc(F)c(=O)[nH]c1=O. The fourth-order valence-corrected chi connectivity index (χ4v) is 1.47. The quantitative estimate of drug-likeness (QED) is 0.669. The normalized spacial score (nSPS) is 12.6. The summed E-state index contributed by atoms with van der Waals surface area (Å²) in [6.45, 7) is 1.20. The van der Waals surface area contributed by atoms with Crippen molar-refractivity contribution in [2.45, 2.75) is 12.6 Å². The number of hydrogen-bond donors (Lipinski definition) is 1. The van der Waals surface area contributed by atoms with E-state index in [1.807, 2.05) is 4.98 Å². The molecule has 19 heavy (non-hydrogen) atoms. The summed E-state index contributed by atoms with van der Waals surface area (Å²) in [4.78, 5) is 24.3. The first-order chi connectivity index (χ1) is 9.10. The van der Waals surface area contributed by atoms with E-state index in [-0.39, 0.29) is 0 Å². The lowest BCUT2D eigenvalue weighted by atomic mass is 10.4. The van der Waals surface area contributed by atoms with Crippen LogP contribution in [-0.4, -0.2) is 43.6 Å². The molecule has 1 rings (SSSR count). The molecule has 0 bridgehead atoms. The Kier molecular flexibility index (Phi) is 6.40. The standard InChI is InChI=1S/C11H17FN2O5/c1-17-5-6-19-4-3-9(18-2)14-7-8(12)10(15)13-11(14)16/h7,9H,3-6H2,1-2H3,(H,13,15,16). The highest BCUT2D eigenvalue weighted by Gasteiger charge is 2.13. The maximum atomic E-state index is 13.1. The number of H-pyrrole nitrogens is 1. The lowest BCUT2D eigenvalue weighted by Crippen LogP contribution is -2.34. The van der Waals surface area contributed by atoms with Crippen LogP contribution in [0.5, 0.6) is 0 Å². The Labute approximate surface area is 108 Å². The van der Waals surface area contributed by atoms with Crippen LogP contribution in [0.3, 0.4) is 0 Å². The van der Waals surface area contributed by atoms with E-state index < -0.39 is 23.3 Å². The molecule has 0 amide bonds. The summed E-state index contributed by atoms with van der Waals surface area (Å²) in [5.41, 5.74) is -1.78. The Morgan fingerprint density at radius 1 is 1.32 bits per heavy atom. The molecule has 8 heteroatoms. The van der Waals surface area contributed by atoms with Gasteiger partial charge in [0.1, 0.15) is 6.23 Å². The van der Waals surface area contributed by atoms with Crippen molar-refractivity contribution in [1.29, 1.82) is 0 Å². The van der Waals surface area contributed by atoms with E-state index in [1.54, 1.807) is 7.11 Å². The maximum absolute atomic E-state index is 13.1. The largest absolute Gasteiger partial charge is 0.382 e. The third-order valence-corrected chi connectivity index (χ3v) is 2.45. The van der Waals surface area contributed by atoms with Gasteiger partial charge >= 0.3 is 5.69 Å². The summed E-state index contributed by atoms with van der Waals surface area (Å²) in [6.07, 6.45) is 0.456. The summed E-state index contributed by atoms with van der Waals surface area (Å²) in [7, 11) is 2.94. The highest BCUT2D eigenvalue weighted by Crippen LogP contribution is 2.09. The van der Waals surface area contributed by atoms with Gasteiger partial charge in [-0.2, -0.15) is 4.39 Å². The highest BCUT2D eigenvalue weighted by atomic mass is 19.1. The molecule has 0 fully saturated rings. The Bertz CT molecular complexity index is 499. The lowest BCUT2D eigenvalue weighted by Gasteiger charge is -2.17. The van der Waals surface area contributed by atoms with Gasteiger partial charge in [-0.1, -0.05) is 0 Å². The van der Waals surface area contributed by atoms with Crippen molar-refractivity contribution in [3.8, 4) is 0 Å². The molecule has 0 saturated heterocycles. The topological polar surface area (TPSA) is 82.6 Å².